The van der Waals surface area contributed by atoms with Crippen molar-refractivity contribution in [1.82, 2.24) is 14.7 Å². The van der Waals surface area contributed by atoms with Crippen LogP contribution in [0.15, 0.2) is 48.7 Å². The highest BCUT2D eigenvalue weighted by Gasteiger charge is 2.54. The first-order valence-electron chi connectivity index (χ1n) is 15.4. The molecule has 0 saturated carbocycles. The van der Waals surface area contributed by atoms with Gasteiger partial charge in [-0.15, -0.1) is 0 Å². The molecule has 244 valence electrons. The Morgan fingerprint density at radius 2 is 1.87 bits per heavy atom. The van der Waals surface area contributed by atoms with E-state index in [1.807, 2.05) is 30.3 Å². The van der Waals surface area contributed by atoms with Gasteiger partial charge in [-0.05, 0) is 45.2 Å². The van der Waals surface area contributed by atoms with Gasteiger partial charge in [-0.1, -0.05) is 41.9 Å². The molecule has 2 atom stereocenters. The van der Waals surface area contributed by atoms with E-state index in [1.165, 1.54) is 6.07 Å². The van der Waals surface area contributed by atoms with Crippen LogP contribution in [0.5, 0.6) is 11.5 Å². The number of nitrogens with two attached hydrogens (primary N) is 1. The molecular weight excluding hydrogens is 630 g/mol. The second-order valence-electron chi connectivity index (χ2n) is 13.2. The summed E-state index contributed by atoms with van der Waals surface area (Å²) in [5, 5.41) is 3.96. The van der Waals surface area contributed by atoms with Crippen LogP contribution in [-0.4, -0.2) is 44.9 Å². The van der Waals surface area contributed by atoms with Crippen molar-refractivity contribution < 1.29 is 32.6 Å². The number of ether oxygens (including phenoxy) is 3. The molecule has 9 nitrogen and oxygen atoms in total. The van der Waals surface area contributed by atoms with Gasteiger partial charge in [0.25, 0.3) is 0 Å². The van der Waals surface area contributed by atoms with Gasteiger partial charge in [-0.25, -0.2) is 13.6 Å². The highest BCUT2D eigenvalue weighted by atomic mass is 35.5. The van der Waals surface area contributed by atoms with Gasteiger partial charge in [0, 0.05) is 60.1 Å². The number of benzene rings is 3. The highest BCUT2D eigenvalue weighted by Crippen LogP contribution is 2.55. The summed E-state index contributed by atoms with van der Waals surface area (Å²) in [5.41, 5.74) is 5.92. The number of amides is 2. The fourth-order valence-corrected chi connectivity index (χ4v) is 7.39. The zero-order chi connectivity index (χ0) is 33.4. The average molecular weight is 663 g/mol. The third kappa shape index (κ3) is 4.99. The molecule has 2 N–H and O–H groups in total. The first-order valence-corrected chi connectivity index (χ1v) is 15.7. The number of aryl methyl sites for hydroxylation is 1. The Bertz CT molecular complexity index is 1960. The molecule has 1 fully saturated rings. The average Bonchev–Trinajstić information content (AvgIpc) is 3.75. The molecule has 4 heterocycles. The summed E-state index contributed by atoms with van der Waals surface area (Å²) in [6, 6.07) is 11.4. The van der Waals surface area contributed by atoms with Gasteiger partial charge in [0.2, 0.25) is 5.91 Å². The molecule has 2 amide bonds. The molecule has 0 radical (unpaired) electrons. The number of hydrogen-bond donors (Lipinski definition) is 1. The van der Waals surface area contributed by atoms with Crippen LogP contribution >= 0.6 is 11.6 Å². The van der Waals surface area contributed by atoms with Crippen molar-refractivity contribution in [2.45, 2.75) is 63.9 Å². The van der Waals surface area contributed by atoms with E-state index in [0.29, 0.717) is 41.8 Å². The van der Waals surface area contributed by atoms with Gasteiger partial charge in [-0.3, -0.25) is 9.48 Å². The second kappa shape index (κ2) is 11.0. The number of fused-ring (bicyclic) bond motifs is 4. The lowest BCUT2D eigenvalue weighted by Gasteiger charge is -2.40. The topological polar surface area (TPSA) is 109 Å². The molecule has 3 aliphatic rings. The number of halogens is 3. The Balaban J connectivity index is 1.43. The van der Waals surface area contributed by atoms with Gasteiger partial charge in [0.1, 0.15) is 29.5 Å². The molecule has 0 bridgehead atoms. The van der Waals surface area contributed by atoms with Gasteiger partial charge < -0.3 is 24.8 Å². The van der Waals surface area contributed by atoms with Crippen molar-refractivity contribution in [1.29, 1.82) is 0 Å². The molecule has 4 aromatic rings. The minimum Gasteiger partial charge on any atom is -0.483 e. The van der Waals surface area contributed by atoms with E-state index in [1.54, 1.807) is 43.6 Å². The molecule has 3 aromatic carbocycles. The SMILES string of the molecule is Cn1cc2c(n1)COc1c-2cc(C(N)=O)c(-c2c(Cl)c(F)cc3c2C[C@](c2ccccc2)([C@@H]2CCCN2C(=O)OC(C)(C)C)O3)c1F. The number of carbonyl (C=O) groups excluding carboxylic acids is 2. The summed E-state index contributed by atoms with van der Waals surface area (Å²) < 4.78 is 52.5. The lowest BCUT2D eigenvalue weighted by Crippen LogP contribution is -2.53. The van der Waals surface area contributed by atoms with Crippen molar-refractivity contribution >= 4 is 23.6 Å². The number of aromatic nitrogens is 2. The van der Waals surface area contributed by atoms with E-state index in [9.17, 15) is 9.59 Å². The van der Waals surface area contributed by atoms with E-state index in [-0.39, 0.29) is 41.2 Å². The summed E-state index contributed by atoms with van der Waals surface area (Å²) in [4.78, 5) is 28.2. The lowest BCUT2D eigenvalue weighted by atomic mass is 9.79. The summed E-state index contributed by atoms with van der Waals surface area (Å²) in [5.74, 6) is -2.73. The molecular formula is C35H33ClF2N4O5. The quantitative estimate of drug-likeness (QED) is 0.255. The zero-order valence-corrected chi connectivity index (χ0v) is 27.1. The maximum Gasteiger partial charge on any atom is 0.410 e. The Labute approximate surface area is 275 Å². The summed E-state index contributed by atoms with van der Waals surface area (Å²) in [7, 11) is 1.72. The molecule has 0 spiro atoms. The van der Waals surface area contributed by atoms with Gasteiger partial charge in [0.15, 0.2) is 17.2 Å². The Hall–Kier alpha value is -4.64. The lowest BCUT2D eigenvalue weighted by molar-refractivity contribution is -0.0216. The number of carbonyl (C=O) groups is 2. The monoisotopic (exact) mass is 662 g/mol. The zero-order valence-electron chi connectivity index (χ0n) is 26.3. The molecule has 7 rings (SSSR count). The third-order valence-corrected chi connectivity index (χ3v) is 9.35. The maximum atomic E-state index is 16.8. The van der Waals surface area contributed by atoms with E-state index < -0.39 is 45.9 Å². The van der Waals surface area contributed by atoms with Gasteiger partial charge in [-0.2, -0.15) is 5.10 Å². The van der Waals surface area contributed by atoms with Crippen LogP contribution < -0.4 is 15.2 Å². The Morgan fingerprint density at radius 1 is 1.13 bits per heavy atom. The maximum absolute atomic E-state index is 16.8. The normalized spacial score (nSPS) is 19.8. The van der Waals surface area contributed by atoms with Crippen LogP contribution in [0.25, 0.3) is 22.3 Å². The molecule has 1 saturated heterocycles. The van der Waals surface area contributed by atoms with E-state index in [2.05, 4.69) is 5.10 Å². The number of nitrogens with zero attached hydrogens (tertiary/aromatic N) is 3. The third-order valence-electron chi connectivity index (χ3n) is 8.98. The second-order valence-corrected chi connectivity index (χ2v) is 13.6. The number of rotatable bonds is 4. The Kier molecular flexibility index (Phi) is 7.23. The Morgan fingerprint density at radius 3 is 2.57 bits per heavy atom. The summed E-state index contributed by atoms with van der Waals surface area (Å²) in [6.07, 6.45) is 2.53. The standard InChI is InChI=1S/C35H33ClF2N4O5/c1-34(2,3)47-33(44)42-12-8-11-26(42)35(18-9-6-5-7-10-18)15-21-25(46-35)14-23(37)29(36)27(21)28-20(32(39)43)13-19-22-16-41(4)40-24(22)17-45-31(19)30(28)38/h5-7,9-10,13-14,16,26H,8,11-12,15,17H2,1-4H3,(H2,39,43)/t26-,35-/m0/s1. The summed E-state index contributed by atoms with van der Waals surface area (Å²) >= 11 is 6.69. The molecule has 0 unspecified atom stereocenters. The minimum absolute atomic E-state index is 0.00709. The van der Waals surface area contributed by atoms with Crippen LogP contribution in [0.4, 0.5) is 13.6 Å². The first-order chi connectivity index (χ1) is 22.3. The van der Waals surface area contributed by atoms with Crippen molar-refractivity contribution in [2.75, 3.05) is 6.54 Å². The highest BCUT2D eigenvalue weighted by molar-refractivity contribution is 6.34. The van der Waals surface area contributed by atoms with E-state index in [4.69, 9.17) is 31.5 Å². The van der Waals surface area contributed by atoms with Gasteiger partial charge >= 0.3 is 6.09 Å². The largest absolute Gasteiger partial charge is 0.483 e. The van der Waals surface area contributed by atoms with Crippen molar-refractivity contribution in [2.24, 2.45) is 12.8 Å². The van der Waals surface area contributed by atoms with Crippen LogP contribution in [0.2, 0.25) is 5.02 Å². The smallest absolute Gasteiger partial charge is 0.410 e. The molecule has 0 aliphatic carbocycles. The first kappa shape index (κ1) is 31.0. The number of hydrogen-bond acceptors (Lipinski definition) is 6. The van der Waals surface area contributed by atoms with E-state index in [0.717, 1.165) is 11.6 Å². The van der Waals surface area contributed by atoms with Crippen molar-refractivity contribution in [3.63, 3.8) is 0 Å². The molecule has 12 heteroatoms. The predicted octanol–water partition coefficient (Wildman–Crippen LogP) is 6.91. The number of likely N-dealkylation sites (tertiary alicyclic amines) is 1. The van der Waals surface area contributed by atoms with Crippen LogP contribution in [0.3, 0.4) is 0 Å². The van der Waals surface area contributed by atoms with Crippen molar-refractivity contribution in [3.05, 3.63) is 87.7 Å². The van der Waals surface area contributed by atoms with Gasteiger partial charge in [0.05, 0.1) is 16.6 Å². The van der Waals surface area contributed by atoms with Crippen LogP contribution in [0.1, 0.15) is 60.8 Å². The summed E-state index contributed by atoms with van der Waals surface area (Å²) in [6.45, 7) is 5.81. The molecule has 3 aliphatic heterocycles. The predicted molar refractivity (Wildman–Crippen MR) is 170 cm³/mol. The van der Waals surface area contributed by atoms with Crippen molar-refractivity contribution in [3.8, 4) is 33.8 Å². The number of primary amides is 1. The molecule has 1 aromatic heterocycles. The fraction of sp³-hybridized carbons (Fsp3) is 0.343. The van der Waals surface area contributed by atoms with Crippen LogP contribution in [0, 0.1) is 11.6 Å². The van der Waals surface area contributed by atoms with E-state index >= 15 is 8.78 Å². The molecule has 47 heavy (non-hydrogen) atoms. The fourth-order valence-electron chi connectivity index (χ4n) is 7.13. The minimum atomic E-state index is -1.22. The van der Waals surface area contributed by atoms with Crippen LogP contribution in [-0.2, 0) is 30.4 Å².